The molecule has 0 aliphatic carbocycles. The third-order valence-corrected chi connectivity index (χ3v) is 5.64. The van der Waals surface area contributed by atoms with Gasteiger partial charge in [0.1, 0.15) is 5.75 Å². The summed E-state index contributed by atoms with van der Waals surface area (Å²) < 4.78 is 22.5. The fourth-order valence-corrected chi connectivity index (χ4v) is 4.48. The highest BCUT2D eigenvalue weighted by Crippen LogP contribution is 2.37. The number of hydrogen-bond acceptors (Lipinski definition) is 9. The molecule has 0 bridgehead atoms. The number of carbonyl (C=O) groups is 3. The van der Waals surface area contributed by atoms with Crippen LogP contribution in [0.4, 0.5) is 0 Å². The number of pyridine rings is 1. The van der Waals surface area contributed by atoms with Crippen LogP contribution in [0, 0.1) is 0 Å². The van der Waals surface area contributed by atoms with E-state index in [0.29, 0.717) is 11.5 Å². The molecule has 31 heavy (non-hydrogen) atoms. The van der Waals surface area contributed by atoms with E-state index in [1.807, 2.05) is 30.3 Å². The molecule has 3 rings (SSSR count). The van der Waals surface area contributed by atoms with Gasteiger partial charge in [0.25, 0.3) is 0 Å². The van der Waals surface area contributed by atoms with Crippen molar-refractivity contribution in [2.75, 3.05) is 5.75 Å². The first kappa shape index (κ1) is 22.6. The number of rotatable bonds is 6. The van der Waals surface area contributed by atoms with E-state index in [9.17, 15) is 14.4 Å². The Morgan fingerprint density at radius 3 is 2.13 bits per heavy atom. The molecule has 1 aromatic heterocycles. The molecule has 0 spiro atoms. The van der Waals surface area contributed by atoms with Crippen molar-refractivity contribution in [3.63, 3.8) is 0 Å². The van der Waals surface area contributed by atoms with Crippen LogP contribution < -0.4 is 4.74 Å². The Kier molecular flexibility index (Phi) is 7.51. The maximum absolute atomic E-state index is 11.8. The quantitative estimate of drug-likeness (QED) is 0.490. The van der Waals surface area contributed by atoms with Crippen LogP contribution in [0.3, 0.4) is 0 Å². The molecular weight excluding hydrogens is 422 g/mol. The number of benzene rings is 1. The zero-order valence-corrected chi connectivity index (χ0v) is 18.2. The fourth-order valence-electron chi connectivity index (χ4n) is 3.27. The van der Waals surface area contributed by atoms with E-state index in [-0.39, 0.29) is 0 Å². The minimum Gasteiger partial charge on any atom is -0.475 e. The second-order valence-corrected chi connectivity index (χ2v) is 7.98. The molecule has 0 radical (unpaired) electrons. The molecule has 1 fully saturated rings. The summed E-state index contributed by atoms with van der Waals surface area (Å²) in [6.07, 6.45) is 0.623. The number of carbonyl (C=O) groups excluding carboxylic acids is 3. The number of nitrogens with zero attached hydrogens (tertiary/aromatic N) is 1. The minimum atomic E-state index is -0.996. The summed E-state index contributed by atoms with van der Waals surface area (Å²) >= 11 is 1.31. The third-order valence-electron chi connectivity index (χ3n) is 4.43. The largest absolute Gasteiger partial charge is 0.475 e. The van der Waals surface area contributed by atoms with Crippen LogP contribution in [0.2, 0.25) is 0 Å². The van der Waals surface area contributed by atoms with Crippen LogP contribution in [0.25, 0.3) is 11.1 Å². The molecule has 1 aliphatic heterocycles. The summed E-state index contributed by atoms with van der Waals surface area (Å²) in [7, 11) is 0. The number of hydrogen-bond donors (Lipinski definition) is 0. The average Bonchev–Trinajstić information content (AvgIpc) is 2.72. The molecule has 4 atom stereocenters. The van der Waals surface area contributed by atoms with Crippen LogP contribution in [0.1, 0.15) is 20.8 Å². The zero-order valence-electron chi connectivity index (χ0n) is 17.3. The van der Waals surface area contributed by atoms with Crippen molar-refractivity contribution in [2.45, 2.75) is 44.5 Å². The molecule has 9 heteroatoms. The summed E-state index contributed by atoms with van der Waals surface area (Å²) in [6.45, 7) is 3.77. The van der Waals surface area contributed by atoms with E-state index in [0.717, 1.165) is 11.1 Å². The molecule has 2 aromatic rings. The van der Waals surface area contributed by atoms with Crippen LogP contribution in [-0.2, 0) is 28.6 Å². The summed E-state index contributed by atoms with van der Waals surface area (Å²) in [6, 6.07) is 11.2. The normalized spacial score (nSPS) is 22.8. The van der Waals surface area contributed by atoms with E-state index < -0.39 is 41.7 Å². The predicted octanol–water partition coefficient (Wildman–Crippen LogP) is 3.00. The summed E-state index contributed by atoms with van der Waals surface area (Å²) in [5.74, 6) is -0.802. The maximum Gasteiger partial charge on any atom is 0.303 e. The van der Waals surface area contributed by atoms with Crippen LogP contribution in [-0.4, -0.2) is 52.4 Å². The highest BCUT2D eigenvalue weighted by molar-refractivity contribution is 7.99. The lowest BCUT2D eigenvalue weighted by Crippen LogP contribution is -2.55. The molecule has 0 unspecified atom stereocenters. The molecule has 8 nitrogen and oxygen atoms in total. The lowest BCUT2D eigenvalue weighted by molar-refractivity contribution is -0.186. The maximum atomic E-state index is 11.8. The van der Waals surface area contributed by atoms with Gasteiger partial charge >= 0.3 is 17.9 Å². The highest BCUT2D eigenvalue weighted by Gasteiger charge is 2.47. The number of ether oxygens (including phenoxy) is 4. The molecule has 1 aliphatic rings. The first-order chi connectivity index (χ1) is 14.8. The molecule has 1 saturated heterocycles. The molecule has 0 saturated carbocycles. The Morgan fingerprint density at radius 1 is 0.871 bits per heavy atom. The van der Waals surface area contributed by atoms with Crippen LogP contribution in [0.15, 0.2) is 48.8 Å². The first-order valence-electron chi connectivity index (χ1n) is 9.64. The third kappa shape index (κ3) is 5.97. The lowest BCUT2D eigenvalue weighted by Gasteiger charge is -2.40. The van der Waals surface area contributed by atoms with Gasteiger partial charge in [0, 0.05) is 44.5 Å². The van der Waals surface area contributed by atoms with Gasteiger partial charge in [0.15, 0.2) is 23.7 Å². The fraction of sp³-hybridized carbons (Fsp3) is 0.364. The van der Waals surface area contributed by atoms with Gasteiger partial charge in [-0.05, 0) is 23.8 Å². The van der Waals surface area contributed by atoms with Crippen LogP contribution in [0.5, 0.6) is 5.75 Å². The van der Waals surface area contributed by atoms with Crippen molar-refractivity contribution in [3.05, 3.63) is 48.8 Å². The van der Waals surface area contributed by atoms with Crippen molar-refractivity contribution in [1.29, 1.82) is 0 Å². The number of aromatic nitrogens is 1. The average molecular weight is 445 g/mol. The van der Waals surface area contributed by atoms with Crippen LogP contribution >= 0.6 is 11.8 Å². The van der Waals surface area contributed by atoms with Gasteiger partial charge in [-0.3, -0.25) is 19.4 Å². The molecule has 2 heterocycles. The van der Waals surface area contributed by atoms with Gasteiger partial charge in [-0.25, -0.2) is 0 Å². The summed E-state index contributed by atoms with van der Waals surface area (Å²) in [5.41, 5.74) is 1.05. The van der Waals surface area contributed by atoms with Crippen molar-refractivity contribution < 1.29 is 33.3 Å². The molecular formula is C22H23NO7S. The lowest BCUT2D eigenvalue weighted by atomic mass is 10.1. The topological polar surface area (TPSA) is 101 Å². The second kappa shape index (κ2) is 10.3. The van der Waals surface area contributed by atoms with Crippen molar-refractivity contribution >= 4 is 29.7 Å². The summed E-state index contributed by atoms with van der Waals surface area (Å²) in [4.78, 5) is 39.1. The molecule has 0 N–H and O–H groups in total. The van der Waals surface area contributed by atoms with Gasteiger partial charge in [0.2, 0.25) is 0 Å². The summed E-state index contributed by atoms with van der Waals surface area (Å²) in [5, 5.41) is 0. The Balaban J connectivity index is 1.92. The van der Waals surface area contributed by atoms with Gasteiger partial charge in [-0.2, -0.15) is 0 Å². The smallest absolute Gasteiger partial charge is 0.303 e. The first-order valence-corrected chi connectivity index (χ1v) is 10.7. The van der Waals surface area contributed by atoms with Crippen molar-refractivity contribution in [2.24, 2.45) is 0 Å². The minimum absolute atomic E-state index is 0.303. The van der Waals surface area contributed by atoms with Crippen molar-refractivity contribution in [1.82, 2.24) is 4.98 Å². The SMILES string of the molecule is CC(=O)O[C@@H]1[C@@H](OC(C)=O)[C@H](OC(C)=O)CS[C@H]1Oc1ccccc1-c1ccncc1. The number of esters is 3. The predicted molar refractivity (Wildman–Crippen MR) is 113 cm³/mol. The Hall–Kier alpha value is -3.07. The van der Waals surface area contributed by atoms with E-state index in [4.69, 9.17) is 18.9 Å². The Bertz CT molecular complexity index is 936. The monoisotopic (exact) mass is 445 g/mol. The zero-order chi connectivity index (χ0) is 22.4. The standard InChI is InChI=1S/C22H23NO7S/c1-13(24)27-19-12-31-22(21(29-15(3)26)20(19)28-14(2)25)30-18-7-5-4-6-17(18)16-8-10-23-11-9-16/h4-11,19-22H,12H2,1-3H3/t19-,20+,21-,22-/m1/s1. The van der Waals surface area contributed by atoms with Gasteiger partial charge in [-0.15, -0.1) is 11.8 Å². The molecule has 164 valence electrons. The van der Waals surface area contributed by atoms with Crippen molar-refractivity contribution in [3.8, 4) is 16.9 Å². The Morgan fingerprint density at radius 2 is 1.48 bits per heavy atom. The number of para-hydroxylation sites is 1. The van der Waals surface area contributed by atoms with E-state index >= 15 is 0 Å². The van der Waals surface area contributed by atoms with E-state index in [2.05, 4.69) is 4.98 Å². The second-order valence-electron chi connectivity index (χ2n) is 6.85. The van der Waals surface area contributed by atoms with Gasteiger partial charge < -0.3 is 18.9 Å². The molecule has 0 amide bonds. The van der Waals surface area contributed by atoms with E-state index in [1.54, 1.807) is 18.5 Å². The van der Waals surface area contributed by atoms with E-state index in [1.165, 1.54) is 32.5 Å². The van der Waals surface area contributed by atoms with Gasteiger partial charge in [0.05, 0.1) is 0 Å². The number of thioether (sulfide) groups is 1. The Labute approximate surface area is 184 Å². The highest BCUT2D eigenvalue weighted by atomic mass is 32.2. The van der Waals surface area contributed by atoms with Gasteiger partial charge in [-0.1, -0.05) is 18.2 Å². The molecule has 1 aromatic carbocycles.